The molecule has 0 unspecified atom stereocenters. The van der Waals surface area contributed by atoms with E-state index in [4.69, 9.17) is 0 Å². The summed E-state index contributed by atoms with van der Waals surface area (Å²) in [6.45, 7) is 1.46. The molecule has 0 heterocycles. The Labute approximate surface area is 109 Å². The van der Waals surface area contributed by atoms with Gasteiger partial charge in [0, 0.05) is 18.8 Å². The highest BCUT2D eigenvalue weighted by molar-refractivity contribution is 6.23. The number of methoxy groups -OCH3 is 1. The molecule has 1 rings (SSSR count). The summed E-state index contributed by atoms with van der Waals surface area (Å²) in [7, 11) is 2.53. The highest BCUT2D eigenvalue weighted by Crippen LogP contribution is 2.22. The normalized spacial score (nSPS) is 13.0. The Balaban J connectivity index is 3.49. The summed E-state index contributed by atoms with van der Waals surface area (Å²) in [5.74, 6) is -3.27. The number of nitrogens with zero attached hydrogens (tertiary/aromatic N) is 1. The molecule has 0 atom stereocenters. The molecule has 0 bridgehead atoms. The summed E-state index contributed by atoms with van der Waals surface area (Å²) in [5, 5.41) is 9.99. The van der Waals surface area contributed by atoms with Gasteiger partial charge in [-0.2, -0.15) is 0 Å². The van der Waals surface area contributed by atoms with Crippen LogP contribution in [-0.4, -0.2) is 30.9 Å². The summed E-state index contributed by atoms with van der Waals surface area (Å²) in [6.07, 6.45) is 0. The van der Waals surface area contributed by atoms with Crippen LogP contribution in [0.5, 0.6) is 0 Å². The van der Waals surface area contributed by atoms with Gasteiger partial charge in [-0.1, -0.05) is 0 Å². The number of benzene rings is 1. The first-order valence-electron chi connectivity index (χ1n) is 5.33. The lowest BCUT2D eigenvalue weighted by Gasteiger charge is -2.09. The van der Waals surface area contributed by atoms with E-state index in [0.29, 0.717) is 6.07 Å². The summed E-state index contributed by atoms with van der Waals surface area (Å²) in [6, 6.07) is 2.62. The summed E-state index contributed by atoms with van der Waals surface area (Å²) in [5.41, 5.74) is -0.395. The van der Waals surface area contributed by atoms with Gasteiger partial charge < -0.3 is 9.84 Å². The molecule has 6 heteroatoms. The maximum absolute atomic E-state index is 13.6. The largest absolute Gasteiger partial charge is 0.506 e. The van der Waals surface area contributed by atoms with Crippen molar-refractivity contribution in [3.05, 3.63) is 41.0 Å². The minimum absolute atomic E-state index is 0.174. The van der Waals surface area contributed by atoms with Crippen molar-refractivity contribution >= 4 is 17.4 Å². The molecule has 1 N–H and O–H groups in total. The lowest BCUT2D eigenvalue weighted by molar-refractivity contribution is -0.135. The number of hydrogen-bond acceptors (Lipinski definition) is 4. The van der Waals surface area contributed by atoms with Crippen molar-refractivity contribution in [3.63, 3.8) is 0 Å². The monoisotopic (exact) mass is 269 g/mol. The minimum atomic E-state index is -0.984. The number of rotatable bonds is 3. The molecule has 4 nitrogen and oxygen atoms in total. The van der Waals surface area contributed by atoms with Gasteiger partial charge in [0.15, 0.2) is 0 Å². The van der Waals surface area contributed by atoms with Gasteiger partial charge >= 0.3 is 5.97 Å². The Morgan fingerprint density at radius 2 is 2.00 bits per heavy atom. The maximum Gasteiger partial charge on any atom is 0.343 e. The fourth-order valence-corrected chi connectivity index (χ4v) is 1.45. The second-order valence-corrected chi connectivity index (χ2v) is 3.65. The van der Waals surface area contributed by atoms with Crippen molar-refractivity contribution in [3.8, 4) is 0 Å². The summed E-state index contributed by atoms with van der Waals surface area (Å²) in [4.78, 5) is 15.3. The maximum atomic E-state index is 13.6. The molecule has 0 spiro atoms. The number of hydrogen-bond donors (Lipinski definition) is 1. The fourth-order valence-electron chi connectivity index (χ4n) is 1.45. The van der Waals surface area contributed by atoms with E-state index in [-0.39, 0.29) is 16.8 Å². The van der Waals surface area contributed by atoms with Crippen LogP contribution in [0.1, 0.15) is 12.5 Å². The molecule has 19 heavy (non-hydrogen) atoms. The third-order valence-electron chi connectivity index (χ3n) is 2.51. The van der Waals surface area contributed by atoms with Crippen LogP contribution in [-0.2, 0) is 9.53 Å². The first kappa shape index (κ1) is 14.8. The van der Waals surface area contributed by atoms with Gasteiger partial charge in [0.25, 0.3) is 0 Å². The lowest BCUT2D eigenvalue weighted by Crippen LogP contribution is -2.15. The number of aliphatic hydroxyl groups excluding tert-OH is 1. The molecule has 0 fully saturated rings. The fraction of sp³-hybridized carbons (Fsp3) is 0.231. The van der Waals surface area contributed by atoms with E-state index < -0.39 is 23.4 Å². The predicted molar refractivity (Wildman–Crippen MR) is 67.0 cm³/mol. The molecule has 0 aliphatic rings. The van der Waals surface area contributed by atoms with Crippen LogP contribution in [0.2, 0.25) is 0 Å². The first-order valence-corrected chi connectivity index (χ1v) is 5.33. The topological polar surface area (TPSA) is 58.9 Å². The van der Waals surface area contributed by atoms with Crippen LogP contribution < -0.4 is 0 Å². The molecule has 0 radical (unpaired) electrons. The number of carbonyl (C=O) groups is 1. The van der Waals surface area contributed by atoms with E-state index in [2.05, 4.69) is 9.73 Å². The number of esters is 1. The number of carbonyl (C=O) groups excluding carboxylic acids is 1. The smallest absolute Gasteiger partial charge is 0.343 e. The minimum Gasteiger partial charge on any atom is -0.506 e. The Bertz CT molecular complexity index is 565. The standard InChI is InChI=1S/C13H13F2NO3/c1-7(16-2)11(13(18)19-3)12(17)9-5-4-8(14)6-10(9)15/h4-6,17H,1-3H3. The van der Waals surface area contributed by atoms with Crippen molar-refractivity contribution in [1.29, 1.82) is 0 Å². The van der Waals surface area contributed by atoms with E-state index >= 15 is 0 Å². The van der Waals surface area contributed by atoms with Gasteiger partial charge in [0.1, 0.15) is 23.0 Å². The Morgan fingerprint density at radius 3 is 2.47 bits per heavy atom. The zero-order chi connectivity index (χ0) is 14.6. The van der Waals surface area contributed by atoms with Crippen LogP contribution in [0, 0.1) is 11.6 Å². The number of ether oxygens (including phenoxy) is 1. The quantitative estimate of drug-likeness (QED) is 0.397. The highest BCUT2D eigenvalue weighted by Gasteiger charge is 2.22. The third kappa shape index (κ3) is 3.15. The molecule has 0 aliphatic carbocycles. The average Bonchev–Trinajstić information content (AvgIpc) is 2.38. The van der Waals surface area contributed by atoms with Gasteiger partial charge in [-0.05, 0) is 19.1 Å². The van der Waals surface area contributed by atoms with Crippen LogP contribution >= 0.6 is 0 Å². The van der Waals surface area contributed by atoms with E-state index in [1.807, 2.05) is 0 Å². The molecule has 0 amide bonds. The van der Waals surface area contributed by atoms with Gasteiger partial charge in [0.05, 0.1) is 12.7 Å². The van der Waals surface area contributed by atoms with Crippen molar-refractivity contribution in [2.45, 2.75) is 6.92 Å². The van der Waals surface area contributed by atoms with Crippen LogP contribution in [0.15, 0.2) is 28.8 Å². The Hall–Kier alpha value is -2.24. The zero-order valence-corrected chi connectivity index (χ0v) is 10.7. The van der Waals surface area contributed by atoms with Gasteiger partial charge in [-0.3, -0.25) is 4.99 Å². The molecule has 1 aromatic carbocycles. The Kier molecular flexibility index (Phi) is 4.74. The van der Waals surface area contributed by atoms with Gasteiger partial charge in [-0.25, -0.2) is 13.6 Å². The van der Waals surface area contributed by atoms with Crippen molar-refractivity contribution in [2.24, 2.45) is 4.99 Å². The molecular formula is C13H13F2NO3. The van der Waals surface area contributed by atoms with Gasteiger partial charge in [0.2, 0.25) is 0 Å². The molecular weight excluding hydrogens is 256 g/mol. The highest BCUT2D eigenvalue weighted by atomic mass is 19.1. The third-order valence-corrected chi connectivity index (χ3v) is 2.51. The molecule has 0 aliphatic heterocycles. The number of aliphatic hydroxyl groups is 1. The molecule has 0 aromatic heterocycles. The second kappa shape index (κ2) is 6.08. The predicted octanol–water partition coefficient (Wildman–Crippen LogP) is 2.50. The van der Waals surface area contributed by atoms with Gasteiger partial charge in [-0.15, -0.1) is 0 Å². The SMILES string of the molecule is CN=C(C)C(C(=O)OC)=C(O)c1ccc(F)cc1F. The molecule has 0 saturated carbocycles. The van der Waals surface area contributed by atoms with E-state index in [0.717, 1.165) is 19.2 Å². The zero-order valence-electron chi connectivity index (χ0n) is 10.7. The summed E-state index contributed by atoms with van der Waals surface area (Å²) < 4.78 is 30.9. The van der Waals surface area contributed by atoms with Crippen molar-refractivity contribution < 1.29 is 23.4 Å². The Morgan fingerprint density at radius 1 is 1.37 bits per heavy atom. The molecule has 0 saturated heterocycles. The summed E-state index contributed by atoms with van der Waals surface area (Å²) >= 11 is 0. The average molecular weight is 269 g/mol. The van der Waals surface area contributed by atoms with Crippen molar-refractivity contribution in [1.82, 2.24) is 0 Å². The van der Waals surface area contributed by atoms with E-state index in [9.17, 15) is 18.7 Å². The molecule has 1 aromatic rings. The van der Waals surface area contributed by atoms with Crippen LogP contribution in [0.25, 0.3) is 5.76 Å². The number of halogens is 2. The van der Waals surface area contributed by atoms with Crippen LogP contribution in [0.3, 0.4) is 0 Å². The van der Waals surface area contributed by atoms with E-state index in [1.54, 1.807) is 0 Å². The number of aliphatic imine (C=N–C) groups is 1. The molecule has 102 valence electrons. The van der Waals surface area contributed by atoms with Crippen LogP contribution in [0.4, 0.5) is 8.78 Å². The van der Waals surface area contributed by atoms with Crippen molar-refractivity contribution in [2.75, 3.05) is 14.2 Å². The first-order chi connectivity index (χ1) is 8.92. The lowest BCUT2D eigenvalue weighted by atomic mass is 10.0. The van der Waals surface area contributed by atoms with E-state index in [1.165, 1.54) is 14.0 Å². The second-order valence-electron chi connectivity index (χ2n) is 3.65.